The second-order valence-corrected chi connectivity index (χ2v) is 3.55. The van der Waals surface area contributed by atoms with Crippen LogP contribution < -0.4 is 5.73 Å². The minimum atomic E-state index is -0.906. The van der Waals surface area contributed by atoms with E-state index in [1.165, 1.54) is 16.8 Å². The Morgan fingerprint density at radius 3 is 2.40 bits per heavy atom. The molecule has 0 saturated carbocycles. The number of hydrogen-bond acceptors (Lipinski definition) is 3. The molecule has 0 spiro atoms. The molecule has 0 aromatic heterocycles. The number of aliphatic carboxylic acids is 1. The van der Waals surface area contributed by atoms with Crippen molar-refractivity contribution in [2.24, 2.45) is 11.7 Å². The highest BCUT2D eigenvalue weighted by molar-refractivity contribution is 5.84. The smallest absolute Gasteiger partial charge is 0.320 e. The van der Waals surface area contributed by atoms with Crippen LogP contribution >= 0.6 is 0 Å². The molecule has 0 atom stereocenters. The summed E-state index contributed by atoms with van der Waals surface area (Å²) in [5.74, 6) is -1.99. The molecule has 7 heteroatoms. The zero-order valence-corrected chi connectivity index (χ0v) is 8.34. The molecule has 3 amide bonds. The van der Waals surface area contributed by atoms with Crippen molar-refractivity contribution < 1.29 is 19.5 Å². The Labute approximate surface area is 86.4 Å². The number of carbonyl (C=O) groups excluding carboxylic acids is 2. The third-order valence-electron chi connectivity index (χ3n) is 2.22. The van der Waals surface area contributed by atoms with Crippen LogP contribution in [0.1, 0.15) is 0 Å². The average molecular weight is 215 g/mol. The van der Waals surface area contributed by atoms with Crippen LogP contribution in [0.2, 0.25) is 0 Å². The van der Waals surface area contributed by atoms with Crippen molar-refractivity contribution in [1.82, 2.24) is 9.80 Å². The lowest BCUT2D eigenvalue weighted by molar-refractivity contribution is -0.146. The molecule has 3 N–H and O–H groups in total. The molecule has 1 aliphatic heterocycles. The van der Waals surface area contributed by atoms with Crippen LogP contribution in [0, 0.1) is 5.92 Å². The summed E-state index contributed by atoms with van der Waals surface area (Å²) in [6.45, 7) is 0.224. The highest BCUT2D eigenvalue weighted by atomic mass is 16.4. The zero-order chi connectivity index (χ0) is 11.6. The van der Waals surface area contributed by atoms with Gasteiger partial charge in [0.2, 0.25) is 5.91 Å². The lowest BCUT2D eigenvalue weighted by Crippen LogP contribution is -2.57. The van der Waals surface area contributed by atoms with Gasteiger partial charge in [0, 0.05) is 20.1 Å². The number of likely N-dealkylation sites (N-methyl/N-ethyl adjacent to an activating group) is 1. The second-order valence-electron chi connectivity index (χ2n) is 3.55. The van der Waals surface area contributed by atoms with Crippen molar-refractivity contribution in [2.75, 3.05) is 26.7 Å². The maximum absolute atomic E-state index is 11.5. The Bertz CT molecular complexity index is 298. The first-order chi connectivity index (χ1) is 6.91. The van der Waals surface area contributed by atoms with Crippen LogP contribution in [-0.2, 0) is 9.59 Å². The van der Waals surface area contributed by atoms with E-state index >= 15 is 0 Å². The highest BCUT2D eigenvalue weighted by Crippen LogP contribution is 2.16. The van der Waals surface area contributed by atoms with Gasteiger partial charge in [-0.25, -0.2) is 4.79 Å². The number of urea groups is 1. The SMILES string of the molecule is CN(CC(N)=O)C(=O)N1CC(C(=O)O)C1. The molecule has 0 unspecified atom stereocenters. The minimum Gasteiger partial charge on any atom is -0.481 e. The minimum absolute atomic E-state index is 0.160. The molecule has 84 valence electrons. The number of carboxylic acid groups (broad SMARTS) is 1. The summed E-state index contributed by atoms with van der Waals surface area (Å²) in [6, 6.07) is -0.369. The molecule has 7 nitrogen and oxygen atoms in total. The van der Waals surface area contributed by atoms with E-state index in [1.807, 2.05) is 0 Å². The van der Waals surface area contributed by atoms with Crippen LogP contribution in [0.3, 0.4) is 0 Å². The number of carboxylic acids is 1. The standard InChI is InChI=1S/C8H13N3O4/c1-10(4-6(9)12)8(15)11-2-5(3-11)7(13)14/h5H,2-4H2,1H3,(H2,9,12)(H,13,14). The molecule has 1 rings (SSSR count). The number of rotatable bonds is 3. The lowest BCUT2D eigenvalue weighted by atomic mass is 10.0. The molecule has 15 heavy (non-hydrogen) atoms. The molecule has 0 aromatic carbocycles. The highest BCUT2D eigenvalue weighted by Gasteiger charge is 2.36. The maximum atomic E-state index is 11.5. The number of likely N-dealkylation sites (tertiary alicyclic amines) is 1. The molecule has 0 aliphatic carbocycles. The Balaban J connectivity index is 2.37. The molecule has 0 radical (unpaired) electrons. The molecule has 1 fully saturated rings. The summed E-state index contributed by atoms with van der Waals surface area (Å²) in [5.41, 5.74) is 4.92. The van der Waals surface area contributed by atoms with Crippen LogP contribution in [0.5, 0.6) is 0 Å². The molecule has 0 bridgehead atoms. The van der Waals surface area contributed by atoms with E-state index in [2.05, 4.69) is 0 Å². The normalized spacial score (nSPS) is 15.7. The summed E-state index contributed by atoms with van der Waals surface area (Å²) in [5, 5.41) is 8.59. The van der Waals surface area contributed by atoms with E-state index in [4.69, 9.17) is 10.8 Å². The molecular weight excluding hydrogens is 202 g/mol. The van der Waals surface area contributed by atoms with E-state index in [1.54, 1.807) is 0 Å². The Hall–Kier alpha value is -1.79. The van der Waals surface area contributed by atoms with Gasteiger partial charge >= 0.3 is 12.0 Å². The largest absolute Gasteiger partial charge is 0.481 e. The monoisotopic (exact) mass is 215 g/mol. The van der Waals surface area contributed by atoms with Crippen molar-refractivity contribution in [3.63, 3.8) is 0 Å². The lowest BCUT2D eigenvalue weighted by Gasteiger charge is -2.38. The molecule has 1 saturated heterocycles. The first-order valence-corrected chi connectivity index (χ1v) is 4.43. The van der Waals surface area contributed by atoms with Crippen molar-refractivity contribution in [2.45, 2.75) is 0 Å². The molecular formula is C8H13N3O4. The van der Waals surface area contributed by atoms with Gasteiger partial charge in [-0.05, 0) is 0 Å². The van der Waals surface area contributed by atoms with Gasteiger partial charge in [0.25, 0.3) is 0 Å². The van der Waals surface area contributed by atoms with Gasteiger partial charge in [-0.1, -0.05) is 0 Å². The zero-order valence-electron chi connectivity index (χ0n) is 8.34. The summed E-state index contributed by atoms with van der Waals surface area (Å²) >= 11 is 0. The molecule has 1 aliphatic rings. The molecule has 1 heterocycles. The first-order valence-electron chi connectivity index (χ1n) is 4.43. The summed E-state index contributed by atoms with van der Waals surface area (Å²) < 4.78 is 0. The third kappa shape index (κ3) is 2.58. The predicted molar refractivity (Wildman–Crippen MR) is 49.9 cm³/mol. The van der Waals surface area contributed by atoms with E-state index in [9.17, 15) is 14.4 Å². The predicted octanol–water partition coefficient (Wildman–Crippen LogP) is -1.46. The van der Waals surface area contributed by atoms with Crippen molar-refractivity contribution in [1.29, 1.82) is 0 Å². The van der Waals surface area contributed by atoms with Crippen LogP contribution in [-0.4, -0.2) is 59.5 Å². The average Bonchev–Trinajstić information content (AvgIpc) is 1.98. The summed E-state index contributed by atoms with van der Waals surface area (Å²) in [4.78, 5) is 35.0. The van der Waals surface area contributed by atoms with Crippen LogP contribution in [0.25, 0.3) is 0 Å². The summed E-state index contributed by atoms with van der Waals surface area (Å²) in [7, 11) is 1.45. The van der Waals surface area contributed by atoms with E-state index in [-0.39, 0.29) is 25.7 Å². The fourth-order valence-electron chi connectivity index (χ4n) is 1.33. The number of nitrogens with two attached hydrogens (primary N) is 1. The number of hydrogen-bond donors (Lipinski definition) is 2. The Morgan fingerprint density at radius 2 is 2.00 bits per heavy atom. The number of nitrogens with zero attached hydrogens (tertiary/aromatic N) is 2. The van der Waals surface area contributed by atoms with E-state index < -0.39 is 17.8 Å². The maximum Gasteiger partial charge on any atom is 0.320 e. The van der Waals surface area contributed by atoms with Gasteiger partial charge in [0.1, 0.15) is 6.54 Å². The molecule has 0 aromatic rings. The number of primary amides is 1. The van der Waals surface area contributed by atoms with Crippen molar-refractivity contribution in [3.05, 3.63) is 0 Å². The third-order valence-corrected chi connectivity index (χ3v) is 2.22. The van der Waals surface area contributed by atoms with Gasteiger partial charge in [0.15, 0.2) is 0 Å². The summed E-state index contributed by atoms with van der Waals surface area (Å²) in [6.07, 6.45) is 0. The second kappa shape index (κ2) is 4.16. The van der Waals surface area contributed by atoms with Gasteiger partial charge < -0.3 is 20.6 Å². The Kier molecular flexibility index (Phi) is 3.13. The fourth-order valence-corrected chi connectivity index (χ4v) is 1.33. The number of amides is 3. The van der Waals surface area contributed by atoms with E-state index in [0.717, 1.165) is 0 Å². The van der Waals surface area contributed by atoms with Crippen LogP contribution in [0.4, 0.5) is 4.79 Å². The fraction of sp³-hybridized carbons (Fsp3) is 0.625. The van der Waals surface area contributed by atoms with Gasteiger partial charge in [-0.3, -0.25) is 9.59 Å². The first kappa shape index (κ1) is 11.3. The topological polar surface area (TPSA) is 104 Å². The van der Waals surface area contributed by atoms with Crippen molar-refractivity contribution in [3.8, 4) is 0 Å². The Morgan fingerprint density at radius 1 is 1.47 bits per heavy atom. The van der Waals surface area contributed by atoms with Crippen LogP contribution in [0.15, 0.2) is 0 Å². The quantitative estimate of drug-likeness (QED) is 0.600. The van der Waals surface area contributed by atoms with E-state index in [0.29, 0.717) is 0 Å². The van der Waals surface area contributed by atoms with Crippen molar-refractivity contribution >= 4 is 17.9 Å². The van der Waals surface area contributed by atoms with Gasteiger partial charge in [-0.2, -0.15) is 0 Å². The van der Waals surface area contributed by atoms with Gasteiger partial charge in [0.05, 0.1) is 5.92 Å². The number of carbonyl (C=O) groups is 3. The van der Waals surface area contributed by atoms with Gasteiger partial charge in [-0.15, -0.1) is 0 Å².